The van der Waals surface area contributed by atoms with Gasteiger partial charge in [-0.1, -0.05) is 32.0 Å². The lowest BCUT2D eigenvalue weighted by atomic mass is 10.0. The zero-order chi connectivity index (χ0) is 22.5. The minimum Gasteiger partial charge on any atom is -0.481 e. The van der Waals surface area contributed by atoms with E-state index in [-0.39, 0.29) is 30.3 Å². The summed E-state index contributed by atoms with van der Waals surface area (Å²) in [5, 5.41) is 21.7. The van der Waals surface area contributed by atoms with Crippen molar-refractivity contribution in [2.24, 2.45) is 5.92 Å². The lowest BCUT2D eigenvalue weighted by Crippen LogP contribution is -2.41. The van der Waals surface area contributed by atoms with E-state index in [2.05, 4.69) is 10.3 Å². The quantitative estimate of drug-likeness (QED) is 0.538. The van der Waals surface area contributed by atoms with E-state index in [0.29, 0.717) is 6.42 Å². The van der Waals surface area contributed by atoms with Crippen molar-refractivity contribution in [3.05, 3.63) is 53.6 Å². The molecule has 1 aromatic heterocycles. The van der Waals surface area contributed by atoms with E-state index < -0.39 is 35.6 Å². The summed E-state index contributed by atoms with van der Waals surface area (Å²) in [6, 6.07) is 4.11. The first-order valence-electron chi connectivity index (χ1n) is 9.34. The lowest BCUT2D eigenvalue weighted by Gasteiger charge is -2.21. The molecule has 0 fully saturated rings. The second-order valence-corrected chi connectivity index (χ2v) is 7.42. The number of carboxylic acids is 2. The third-order valence-electron chi connectivity index (χ3n) is 4.64. The van der Waals surface area contributed by atoms with Gasteiger partial charge in [0.15, 0.2) is 0 Å². The summed E-state index contributed by atoms with van der Waals surface area (Å²) in [4.78, 5) is 27.1. The Morgan fingerprint density at radius 3 is 2.40 bits per heavy atom. The summed E-state index contributed by atoms with van der Waals surface area (Å²) < 4.78 is 41.1. The van der Waals surface area contributed by atoms with Crippen molar-refractivity contribution in [2.75, 3.05) is 6.54 Å². The van der Waals surface area contributed by atoms with Crippen molar-refractivity contribution in [2.45, 2.75) is 44.9 Å². The number of nitrogens with one attached hydrogen (secondary N) is 1. The fourth-order valence-electron chi connectivity index (χ4n) is 3.19. The minimum absolute atomic E-state index is 0.0235. The highest BCUT2D eigenvalue weighted by Crippen LogP contribution is 2.32. The molecule has 164 valence electrons. The van der Waals surface area contributed by atoms with Crippen LogP contribution in [0.3, 0.4) is 0 Å². The van der Waals surface area contributed by atoms with Crippen molar-refractivity contribution in [3.8, 4) is 0 Å². The second-order valence-electron chi connectivity index (χ2n) is 7.42. The Bertz CT molecular complexity index is 880. The maximum absolute atomic E-state index is 13.3. The molecular weight excluding hydrogens is 403 g/mol. The molecule has 0 radical (unpaired) electrons. The Labute approximate surface area is 171 Å². The van der Waals surface area contributed by atoms with Crippen LogP contribution >= 0.6 is 0 Å². The van der Waals surface area contributed by atoms with Gasteiger partial charge >= 0.3 is 18.1 Å². The summed E-state index contributed by atoms with van der Waals surface area (Å²) >= 11 is 0. The predicted molar refractivity (Wildman–Crippen MR) is 102 cm³/mol. The maximum atomic E-state index is 13.3. The largest absolute Gasteiger partial charge is 0.481 e. The molecule has 1 heterocycles. The Balaban J connectivity index is 2.26. The highest BCUT2D eigenvalue weighted by Gasteiger charge is 2.33. The maximum Gasteiger partial charge on any atom is 0.416 e. The molecule has 0 aliphatic rings. The van der Waals surface area contributed by atoms with E-state index >= 15 is 0 Å². The number of carbonyl (C=O) groups is 2. The molecule has 1 aromatic carbocycles. The van der Waals surface area contributed by atoms with E-state index in [0.717, 1.165) is 6.07 Å². The van der Waals surface area contributed by atoms with Gasteiger partial charge in [0.05, 0.1) is 17.6 Å². The number of carboxylic acid groups (broad SMARTS) is 2. The first kappa shape index (κ1) is 23.4. The number of imidazole rings is 1. The van der Waals surface area contributed by atoms with Crippen molar-refractivity contribution >= 4 is 11.9 Å². The SMILES string of the molecule is CC(C)CC(NCC(C(=O)O)c1cncn1Cc1ccccc1C(F)(F)F)C(=O)O. The normalized spacial score (nSPS) is 13.9. The Morgan fingerprint density at radius 2 is 1.83 bits per heavy atom. The van der Waals surface area contributed by atoms with E-state index in [4.69, 9.17) is 0 Å². The second kappa shape index (κ2) is 9.75. The average molecular weight is 427 g/mol. The van der Waals surface area contributed by atoms with Crippen molar-refractivity contribution < 1.29 is 33.0 Å². The van der Waals surface area contributed by atoms with E-state index in [1.165, 1.54) is 35.3 Å². The van der Waals surface area contributed by atoms with Crippen LogP contribution in [-0.2, 0) is 22.3 Å². The molecule has 0 amide bonds. The molecule has 2 unspecified atom stereocenters. The number of alkyl halides is 3. The van der Waals surface area contributed by atoms with Gasteiger partial charge in [-0.3, -0.25) is 9.59 Å². The van der Waals surface area contributed by atoms with Crippen LogP contribution in [0.15, 0.2) is 36.8 Å². The van der Waals surface area contributed by atoms with Gasteiger partial charge in [-0.05, 0) is 24.0 Å². The standard InChI is InChI=1S/C20H24F3N3O4/c1-12(2)7-16(19(29)30)25-8-14(18(27)28)17-9-24-11-26(17)10-13-5-3-4-6-15(13)20(21,22)23/h3-6,9,11-12,14,16,25H,7-8,10H2,1-2H3,(H,27,28)(H,29,30). The molecule has 7 nitrogen and oxygen atoms in total. The van der Waals surface area contributed by atoms with Crippen LogP contribution in [0.2, 0.25) is 0 Å². The molecule has 10 heteroatoms. The number of rotatable bonds is 10. The summed E-state index contributed by atoms with van der Waals surface area (Å²) in [7, 11) is 0. The number of hydrogen-bond acceptors (Lipinski definition) is 4. The van der Waals surface area contributed by atoms with Gasteiger partial charge in [-0.15, -0.1) is 0 Å². The number of aromatic nitrogens is 2. The van der Waals surface area contributed by atoms with Crippen molar-refractivity contribution in [1.29, 1.82) is 0 Å². The highest BCUT2D eigenvalue weighted by molar-refractivity contribution is 5.76. The fraction of sp³-hybridized carbons (Fsp3) is 0.450. The Hall–Kier alpha value is -2.88. The number of nitrogens with zero attached hydrogens (tertiary/aromatic N) is 2. The average Bonchev–Trinajstić information content (AvgIpc) is 3.07. The topological polar surface area (TPSA) is 104 Å². The van der Waals surface area contributed by atoms with Gasteiger partial charge < -0.3 is 20.1 Å². The number of benzene rings is 1. The minimum atomic E-state index is -4.54. The van der Waals surface area contributed by atoms with Crippen LogP contribution in [-0.4, -0.2) is 44.3 Å². The van der Waals surface area contributed by atoms with E-state index in [1.54, 1.807) is 0 Å². The molecular formula is C20H24F3N3O4. The predicted octanol–water partition coefficient (Wildman–Crippen LogP) is 3.21. The molecule has 30 heavy (non-hydrogen) atoms. The number of halogens is 3. The summed E-state index contributed by atoms with van der Waals surface area (Å²) in [6.07, 6.45) is -1.70. The van der Waals surface area contributed by atoms with E-state index in [1.807, 2.05) is 13.8 Å². The molecule has 0 saturated heterocycles. The zero-order valence-corrected chi connectivity index (χ0v) is 16.6. The fourth-order valence-corrected chi connectivity index (χ4v) is 3.19. The molecule has 2 rings (SSSR count). The number of aliphatic carboxylic acids is 2. The molecule has 3 N–H and O–H groups in total. The molecule has 2 atom stereocenters. The number of hydrogen-bond donors (Lipinski definition) is 3. The van der Waals surface area contributed by atoms with Gasteiger partial charge in [-0.25, -0.2) is 4.98 Å². The first-order valence-corrected chi connectivity index (χ1v) is 9.34. The van der Waals surface area contributed by atoms with Gasteiger partial charge in [0.25, 0.3) is 0 Å². The smallest absolute Gasteiger partial charge is 0.416 e. The van der Waals surface area contributed by atoms with Gasteiger partial charge in [-0.2, -0.15) is 13.2 Å². The highest BCUT2D eigenvalue weighted by atomic mass is 19.4. The molecule has 2 aromatic rings. The van der Waals surface area contributed by atoms with Crippen LogP contribution in [0.4, 0.5) is 13.2 Å². The monoisotopic (exact) mass is 427 g/mol. The van der Waals surface area contributed by atoms with Crippen LogP contribution in [0, 0.1) is 5.92 Å². The molecule has 0 bridgehead atoms. The van der Waals surface area contributed by atoms with Crippen molar-refractivity contribution in [1.82, 2.24) is 14.9 Å². The first-order chi connectivity index (χ1) is 14.0. The molecule has 0 aliphatic heterocycles. The lowest BCUT2D eigenvalue weighted by molar-refractivity contribution is -0.142. The molecule has 0 aliphatic carbocycles. The van der Waals surface area contributed by atoms with Gasteiger partial charge in [0.2, 0.25) is 0 Å². The summed E-state index contributed by atoms with van der Waals surface area (Å²) in [5.74, 6) is -3.44. The van der Waals surface area contributed by atoms with E-state index in [9.17, 15) is 33.0 Å². The van der Waals surface area contributed by atoms with Crippen LogP contribution < -0.4 is 5.32 Å². The Morgan fingerprint density at radius 1 is 1.17 bits per heavy atom. The van der Waals surface area contributed by atoms with Crippen LogP contribution in [0.5, 0.6) is 0 Å². The molecule has 0 spiro atoms. The molecule has 0 saturated carbocycles. The summed E-state index contributed by atoms with van der Waals surface area (Å²) in [5.41, 5.74) is -0.650. The van der Waals surface area contributed by atoms with Gasteiger partial charge in [0.1, 0.15) is 12.0 Å². The van der Waals surface area contributed by atoms with Gasteiger partial charge in [0, 0.05) is 19.3 Å². The Kier molecular flexibility index (Phi) is 7.60. The third-order valence-corrected chi connectivity index (χ3v) is 4.64. The summed E-state index contributed by atoms with van der Waals surface area (Å²) in [6.45, 7) is 3.27. The van der Waals surface area contributed by atoms with Crippen LogP contribution in [0.1, 0.15) is 43.0 Å². The zero-order valence-electron chi connectivity index (χ0n) is 16.6. The van der Waals surface area contributed by atoms with Crippen molar-refractivity contribution in [3.63, 3.8) is 0 Å². The third kappa shape index (κ3) is 6.06. The van der Waals surface area contributed by atoms with Crippen LogP contribution in [0.25, 0.3) is 0 Å².